The van der Waals surface area contributed by atoms with Gasteiger partial charge in [-0.05, 0) is 30.7 Å². The first-order valence-corrected chi connectivity index (χ1v) is 4.88. The molecule has 0 atom stereocenters. The molecule has 0 bridgehead atoms. The minimum absolute atomic E-state index is 0.485. The highest BCUT2D eigenvalue weighted by Crippen LogP contribution is 2.20. The van der Waals surface area contributed by atoms with Crippen molar-refractivity contribution in [3.05, 3.63) is 47.9 Å². The Kier molecular flexibility index (Phi) is 2.74. The summed E-state index contributed by atoms with van der Waals surface area (Å²) in [5.74, 6) is 0. The lowest BCUT2D eigenvalue weighted by Gasteiger charge is -2.06. The SMILES string of the molecule is Cc1cccc(-c2ccncc2CN)n1. The third-order valence-electron chi connectivity index (χ3n) is 2.29. The first-order chi connectivity index (χ1) is 7.31. The smallest absolute Gasteiger partial charge is 0.0709 e. The molecule has 0 aliphatic heterocycles. The summed E-state index contributed by atoms with van der Waals surface area (Å²) >= 11 is 0. The molecule has 0 saturated heterocycles. The van der Waals surface area contributed by atoms with Crippen LogP contribution >= 0.6 is 0 Å². The topological polar surface area (TPSA) is 51.8 Å². The number of pyridine rings is 2. The summed E-state index contributed by atoms with van der Waals surface area (Å²) in [6, 6.07) is 7.91. The lowest BCUT2D eigenvalue weighted by Crippen LogP contribution is -2.00. The van der Waals surface area contributed by atoms with Gasteiger partial charge in [-0.2, -0.15) is 0 Å². The number of hydrogen-bond donors (Lipinski definition) is 1. The third kappa shape index (κ3) is 2.02. The van der Waals surface area contributed by atoms with Crippen LogP contribution in [0.4, 0.5) is 0 Å². The van der Waals surface area contributed by atoms with Crippen molar-refractivity contribution in [3.8, 4) is 11.3 Å². The summed E-state index contributed by atoms with van der Waals surface area (Å²) in [5, 5.41) is 0. The highest BCUT2D eigenvalue weighted by Gasteiger charge is 2.04. The van der Waals surface area contributed by atoms with Gasteiger partial charge < -0.3 is 5.73 Å². The predicted molar refractivity (Wildman–Crippen MR) is 60.1 cm³/mol. The van der Waals surface area contributed by atoms with Crippen molar-refractivity contribution in [1.29, 1.82) is 0 Å². The Hall–Kier alpha value is -1.74. The largest absolute Gasteiger partial charge is 0.326 e. The summed E-state index contributed by atoms with van der Waals surface area (Å²) in [7, 11) is 0. The molecule has 3 nitrogen and oxygen atoms in total. The van der Waals surface area contributed by atoms with Gasteiger partial charge in [0, 0.05) is 30.2 Å². The van der Waals surface area contributed by atoms with Crippen LogP contribution in [0.5, 0.6) is 0 Å². The van der Waals surface area contributed by atoms with Gasteiger partial charge in [0.2, 0.25) is 0 Å². The number of rotatable bonds is 2. The molecule has 0 aliphatic carbocycles. The van der Waals surface area contributed by atoms with Crippen molar-refractivity contribution >= 4 is 0 Å². The van der Waals surface area contributed by atoms with Crippen LogP contribution in [0.25, 0.3) is 11.3 Å². The molecule has 76 valence electrons. The normalized spacial score (nSPS) is 10.3. The lowest BCUT2D eigenvalue weighted by molar-refractivity contribution is 1.04. The number of hydrogen-bond acceptors (Lipinski definition) is 3. The third-order valence-corrected chi connectivity index (χ3v) is 2.29. The zero-order chi connectivity index (χ0) is 10.7. The molecule has 0 unspecified atom stereocenters. The van der Waals surface area contributed by atoms with E-state index in [1.807, 2.05) is 31.2 Å². The minimum atomic E-state index is 0.485. The fourth-order valence-corrected chi connectivity index (χ4v) is 1.53. The fraction of sp³-hybridized carbons (Fsp3) is 0.167. The highest BCUT2D eigenvalue weighted by molar-refractivity contribution is 5.62. The Balaban J connectivity index is 2.53. The summed E-state index contributed by atoms with van der Waals surface area (Å²) in [4.78, 5) is 8.53. The summed E-state index contributed by atoms with van der Waals surface area (Å²) in [6.07, 6.45) is 3.55. The lowest BCUT2D eigenvalue weighted by atomic mass is 10.1. The molecule has 2 aromatic rings. The van der Waals surface area contributed by atoms with E-state index in [-0.39, 0.29) is 0 Å². The van der Waals surface area contributed by atoms with Crippen molar-refractivity contribution in [2.24, 2.45) is 5.73 Å². The molecule has 0 amide bonds. The van der Waals surface area contributed by atoms with Gasteiger partial charge in [-0.15, -0.1) is 0 Å². The van der Waals surface area contributed by atoms with Gasteiger partial charge in [0.25, 0.3) is 0 Å². The molecular weight excluding hydrogens is 186 g/mol. The van der Waals surface area contributed by atoms with Gasteiger partial charge >= 0.3 is 0 Å². The molecule has 2 N–H and O–H groups in total. The first kappa shape index (κ1) is 9.80. The summed E-state index contributed by atoms with van der Waals surface area (Å²) in [6.45, 7) is 2.46. The van der Waals surface area contributed by atoms with Gasteiger partial charge in [-0.1, -0.05) is 6.07 Å². The second-order valence-electron chi connectivity index (χ2n) is 3.40. The van der Waals surface area contributed by atoms with Crippen LogP contribution in [0.2, 0.25) is 0 Å². The van der Waals surface area contributed by atoms with Crippen molar-refractivity contribution in [3.63, 3.8) is 0 Å². The molecule has 2 rings (SSSR count). The van der Waals surface area contributed by atoms with E-state index in [9.17, 15) is 0 Å². The Labute approximate surface area is 89.0 Å². The molecule has 0 spiro atoms. The fourth-order valence-electron chi connectivity index (χ4n) is 1.53. The van der Waals surface area contributed by atoms with Crippen molar-refractivity contribution in [2.45, 2.75) is 13.5 Å². The molecule has 0 saturated carbocycles. The van der Waals surface area contributed by atoms with Gasteiger partial charge in [0.15, 0.2) is 0 Å². The molecule has 15 heavy (non-hydrogen) atoms. The van der Waals surface area contributed by atoms with E-state index in [1.165, 1.54) is 0 Å². The Morgan fingerprint density at radius 1 is 1.27 bits per heavy atom. The van der Waals surface area contributed by atoms with Gasteiger partial charge in [-0.3, -0.25) is 9.97 Å². The van der Waals surface area contributed by atoms with Crippen molar-refractivity contribution in [1.82, 2.24) is 9.97 Å². The number of aromatic nitrogens is 2. The van der Waals surface area contributed by atoms with E-state index in [0.29, 0.717) is 6.54 Å². The highest BCUT2D eigenvalue weighted by atomic mass is 14.7. The molecular formula is C12H13N3. The maximum absolute atomic E-state index is 5.66. The van der Waals surface area contributed by atoms with Crippen LogP contribution in [0.15, 0.2) is 36.7 Å². The van der Waals surface area contributed by atoms with E-state index in [2.05, 4.69) is 9.97 Å². The minimum Gasteiger partial charge on any atom is -0.326 e. The zero-order valence-electron chi connectivity index (χ0n) is 8.64. The van der Waals surface area contributed by atoms with Gasteiger partial charge in [0.05, 0.1) is 5.69 Å². The average Bonchev–Trinajstić information content (AvgIpc) is 2.29. The number of nitrogens with two attached hydrogens (primary N) is 1. The molecule has 0 aliphatic rings. The van der Waals surface area contributed by atoms with E-state index in [0.717, 1.165) is 22.5 Å². The molecule has 0 fully saturated rings. The standard InChI is InChI=1S/C12H13N3/c1-9-3-2-4-12(15-9)11-5-6-14-8-10(11)7-13/h2-6,8H,7,13H2,1H3. The van der Waals surface area contributed by atoms with Crippen LogP contribution in [-0.2, 0) is 6.54 Å². The van der Waals surface area contributed by atoms with E-state index < -0.39 is 0 Å². The molecule has 3 heteroatoms. The molecule has 0 aromatic carbocycles. The number of aryl methyl sites for hydroxylation is 1. The second-order valence-corrected chi connectivity index (χ2v) is 3.40. The van der Waals surface area contributed by atoms with E-state index in [4.69, 9.17) is 5.73 Å². The van der Waals surface area contributed by atoms with Gasteiger partial charge in [0.1, 0.15) is 0 Å². The maximum atomic E-state index is 5.66. The number of nitrogens with zero attached hydrogens (tertiary/aromatic N) is 2. The zero-order valence-corrected chi connectivity index (χ0v) is 8.64. The Bertz CT molecular complexity index is 466. The van der Waals surface area contributed by atoms with Crippen LogP contribution in [-0.4, -0.2) is 9.97 Å². The first-order valence-electron chi connectivity index (χ1n) is 4.88. The van der Waals surface area contributed by atoms with Crippen LogP contribution in [0.1, 0.15) is 11.3 Å². The van der Waals surface area contributed by atoms with Crippen LogP contribution in [0.3, 0.4) is 0 Å². The monoisotopic (exact) mass is 199 g/mol. The van der Waals surface area contributed by atoms with Crippen molar-refractivity contribution < 1.29 is 0 Å². The van der Waals surface area contributed by atoms with E-state index >= 15 is 0 Å². The quantitative estimate of drug-likeness (QED) is 0.803. The Morgan fingerprint density at radius 2 is 2.13 bits per heavy atom. The van der Waals surface area contributed by atoms with Crippen molar-refractivity contribution in [2.75, 3.05) is 0 Å². The Morgan fingerprint density at radius 3 is 2.87 bits per heavy atom. The average molecular weight is 199 g/mol. The molecule has 0 radical (unpaired) electrons. The predicted octanol–water partition coefficient (Wildman–Crippen LogP) is 1.91. The summed E-state index contributed by atoms with van der Waals surface area (Å²) in [5.41, 5.74) is 9.71. The van der Waals surface area contributed by atoms with Gasteiger partial charge in [-0.25, -0.2) is 0 Å². The van der Waals surface area contributed by atoms with Crippen LogP contribution < -0.4 is 5.73 Å². The summed E-state index contributed by atoms with van der Waals surface area (Å²) < 4.78 is 0. The maximum Gasteiger partial charge on any atom is 0.0709 e. The molecule has 2 aromatic heterocycles. The second kappa shape index (κ2) is 4.19. The van der Waals surface area contributed by atoms with E-state index in [1.54, 1.807) is 12.4 Å². The molecule has 2 heterocycles. The van der Waals surface area contributed by atoms with Crippen LogP contribution in [0, 0.1) is 6.92 Å².